The maximum absolute atomic E-state index is 5.99. The van der Waals surface area contributed by atoms with Crippen LogP contribution in [0.4, 0.5) is 5.69 Å². The molecule has 168 valence electrons. The number of rotatable bonds is 8. The Hall–Kier alpha value is -2.07. The first-order chi connectivity index (χ1) is 15.1. The van der Waals surface area contributed by atoms with Gasteiger partial charge in [0.15, 0.2) is 5.11 Å². The maximum Gasteiger partial charge on any atom is 0.169 e. The van der Waals surface area contributed by atoms with E-state index in [0.29, 0.717) is 6.04 Å². The summed E-state index contributed by atoms with van der Waals surface area (Å²) < 4.78 is 0. The van der Waals surface area contributed by atoms with Crippen molar-refractivity contribution in [2.75, 3.05) is 18.0 Å². The minimum Gasteiger partial charge on any atom is -0.372 e. The minimum atomic E-state index is 0.217. The third kappa shape index (κ3) is 6.70. The second-order valence-electron chi connectivity index (χ2n) is 8.69. The van der Waals surface area contributed by atoms with E-state index < -0.39 is 0 Å². The van der Waals surface area contributed by atoms with Crippen LogP contribution in [0.15, 0.2) is 54.6 Å². The SMILES string of the molecule is CCN(CC)c1ccc(CN(C(=S)NC2CCCCCC2)[C@H](C)c2ccccc2)cc1. The van der Waals surface area contributed by atoms with Crippen molar-refractivity contribution in [2.45, 2.75) is 77.9 Å². The van der Waals surface area contributed by atoms with Crippen LogP contribution in [-0.4, -0.2) is 29.1 Å². The number of nitrogens with one attached hydrogen (secondary N) is 1. The van der Waals surface area contributed by atoms with E-state index in [4.69, 9.17) is 12.2 Å². The Labute approximate surface area is 194 Å². The molecule has 0 unspecified atom stereocenters. The molecule has 0 spiro atoms. The Balaban J connectivity index is 1.77. The summed E-state index contributed by atoms with van der Waals surface area (Å²) in [5.74, 6) is 0. The lowest BCUT2D eigenvalue weighted by molar-refractivity contribution is 0.317. The van der Waals surface area contributed by atoms with Crippen molar-refractivity contribution in [2.24, 2.45) is 0 Å². The fraction of sp³-hybridized carbons (Fsp3) is 0.519. The number of benzene rings is 2. The second-order valence-corrected chi connectivity index (χ2v) is 9.08. The normalized spacial score (nSPS) is 15.7. The quantitative estimate of drug-likeness (QED) is 0.366. The maximum atomic E-state index is 5.99. The van der Waals surface area contributed by atoms with Gasteiger partial charge < -0.3 is 15.1 Å². The van der Waals surface area contributed by atoms with Crippen molar-refractivity contribution in [3.63, 3.8) is 0 Å². The molecule has 1 fully saturated rings. The van der Waals surface area contributed by atoms with Gasteiger partial charge in [0, 0.05) is 31.4 Å². The molecule has 0 amide bonds. The molecule has 3 rings (SSSR count). The van der Waals surface area contributed by atoms with E-state index in [1.54, 1.807) is 0 Å². The zero-order valence-electron chi connectivity index (χ0n) is 19.5. The summed E-state index contributed by atoms with van der Waals surface area (Å²) in [6.07, 6.45) is 7.78. The van der Waals surface area contributed by atoms with Crippen molar-refractivity contribution >= 4 is 23.0 Å². The smallest absolute Gasteiger partial charge is 0.169 e. The van der Waals surface area contributed by atoms with Crippen molar-refractivity contribution in [3.8, 4) is 0 Å². The van der Waals surface area contributed by atoms with Gasteiger partial charge in [-0.2, -0.15) is 0 Å². The monoisotopic (exact) mass is 437 g/mol. The van der Waals surface area contributed by atoms with Crippen LogP contribution in [0, 0.1) is 0 Å². The van der Waals surface area contributed by atoms with Gasteiger partial charge in [0.1, 0.15) is 0 Å². The van der Waals surface area contributed by atoms with Crippen molar-refractivity contribution in [3.05, 3.63) is 65.7 Å². The molecule has 0 aliphatic heterocycles. The lowest BCUT2D eigenvalue weighted by Crippen LogP contribution is -2.45. The third-order valence-electron chi connectivity index (χ3n) is 6.61. The Morgan fingerprint density at radius 1 is 0.935 bits per heavy atom. The van der Waals surface area contributed by atoms with Gasteiger partial charge >= 0.3 is 0 Å². The summed E-state index contributed by atoms with van der Waals surface area (Å²) in [5.41, 5.74) is 3.88. The number of anilines is 1. The predicted octanol–water partition coefficient (Wildman–Crippen LogP) is 6.69. The highest BCUT2D eigenvalue weighted by molar-refractivity contribution is 7.80. The molecule has 1 saturated carbocycles. The summed E-state index contributed by atoms with van der Waals surface area (Å²) in [7, 11) is 0. The summed E-state index contributed by atoms with van der Waals surface area (Å²) >= 11 is 5.99. The van der Waals surface area contributed by atoms with E-state index in [-0.39, 0.29) is 6.04 Å². The first-order valence-corrected chi connectivity index (χ1v) is 12.5. The van der Waals surface area contributed by atoms with Crippen LogP contribution in [0.2, 0.25) is 0 Å². The van der Waals surface area contributed by atoms with Crippen molar-refractivity contribution < 1.29 is 0 Å². The molecule has 2 aromatic carbocycles. The standard InChI is InChI=1S/C27H39N3S/c1-4-29(5-2)26-19-17-23(18-20-26)21-30(22(3)24-13-9-8-10-14-24)27(31)28-25-15-11-6-7-12-16-25/h8-10,13-14,17-20,22,25H,4-7,11-12,15-16,21H2,1-3H3,(H,28,31)/t22-/m1/s1. The van der Waals surface area contributed by atoms with Gasteiger partial charge in [-0.1, -0.05) is 68.1 Å². The second kappa shape index (κ2) is 12.1. The van der Waals surface area contributed by atoms with E-state index in [1.807, 2.05) is 0 Å². The zero-order chi connectivity index (χ0) is 22.1. The number of hydrogen-bond donors (Lipinski definition) is 1. The molecule has 1 aliphatic rings. The Bertz CT molecular complexity index is 778. The van der Waals surface area contributed by atoms with Gasteiger partial charge in [-0.3, -0.25) is 0 Å². The van der Waals surface area contributed by atoms with Crippen LogP contribution in [0.25, 0.3) is 0 Å². The average molecular weight is 438 g/mol. The van der Waals surface area contributed by atoms with E-state index in [1.165, 1.54) is 55.3 Å². The molecule has 31 heavy (non-hydrogen) atoms. The molecule has 1 N–H and O–H groups in total. The topological polar surface area (TPSA) is 18.5 Å². The number of thiocarbonyl (C=S) groups is 1. The molecule has 1 aliphatic carbocycles. The van der Waals surface area contributed by atoms with Crippen LogP contribution >= 0.6 is 12.2 Å². The molecule has 3 nitrogen and oxygen atoms in total. The molecular weight excluding hydrogens is 398 g/mol. The van der Waals surface area contributed by atoms with Gasteiger partial charge in [-0.25, -0.2) is 0 Å². The number of nitrogens with zero attached hydrogens (tertiary/aromatic N) is 2. The highest BCUT2D eigenvalue weighted by atomic mass is 32.1. The van der Waals surface area contributed by atoms with E-state index in [0.717, 1.165) is 24.7 Å². The first-order valence-electron chi connectivity index (χ1n) is 12.1. The molecule has 0 aromatic heterocycles. The van der Waals surface area contributed by atoms with Gasteiger partial charge in [-0.15, -0.1) is 0 Å². The fourth-order valence-electron chi connectivity index (χ4n) is 4.57. The average Bonchev–Trinajstić information content (AvgIpc) is 3.08. The summed E-state index contributed by atoms with van der Waals surface area (Å²) in [6, 6.07) is 20.4. The fourth-order valence-corrected chi connectivity index (χ4v) is 4.96. The first kappa shape index (κ1) is 23.6. The molecule has 0 heterocycles. The van der Waals surface area contributed by atoms with E-state index in [2.05, 4.69) is 90.5 Å². The highest BCUT2D eigenvalue weighted by Gasteiger charge is 2.22. The van der Waals surface area contributed by atoms with Crippen LogP contribution in [0.5, 0.6) is 0 Å². The third-order valence-corrected chi connectivity index (χ3v) is 6.96. The van der Waals surface area contributed by atoms with Crippen LogP contribution < -0.4 is 10.2 Å². The molecule has 0 saturated heterocycles. The Kier molecular flexibility index (Phi) is 9.20. The van der Waals surface area contributed by atoms with E-state index in [9.17, 15) is 0 Å². The molecule has 0 radical (unpaired) electrons. The largest absolute Gasteiger partial charge is 0.372 e. The summed E-state index contributed by atoms with van der Waals surface area (Å²) in [6.45, 7) is 9.55. The molecular formula is C27H39N3S. The van der Waals surface area contributed by atoms with Crippen LogP contribution in [0.3, 0.4) is 0 Å². The van der Waals surface area contributed by atoms with Gasteiger partial charge in [-0.05, 0) is 69.1 Å². The lowest BCUT2D eigenvalue weighted by atomic mass is 10.1. The highest BCUT2D eigenvalue weighted by Crippen LogP contribution is 2.25. The van der Waals surface area contributed by atoms with E-state index >= 15 is 0 Å². The molecule has 1 atom stereocenters. The Morgan fingerprint density at radius 2 is 1.55 bits per heavy atom. The van der Waals surface area contributed by atoms with Crippen LogP contribution in [-0.2, 0) is 6.54 Å². The molecule has 4 heteroatoms. The van der Waals surface area contributed by atoms with Gasteiger partial charge in [0.25, 0.3) is 0 Å². The van der Waals surface area contributed by atoms with Crippen LogP contribution in [0.1, 0.15) is 76.5 Å². The zero-order valence-corrected chi connectivity index (χ0v) is 20.3. The Morgan fingerprint density at radius 3 is 2.13 bits per heavy atom. The molecule has 2 aromatic rings. The summed E-state index contributed by atoms with van der Waals surface area (Å²) in [4.78, 5) is 4.74. The summed E-state index contributed by atoms with van der Waals surface area (Å²) in [5, 5.41) is 4.61. The van der Waals surface area contributed by atoms with Crippen molar-refractivity contribution in [1.82, 2.24) is 10.2 Å². The van der Waals surface area contributed by atoms with Crippen molar-refractivity contribution in [1.29, 1.82) is 0 Å². The number of hydrogen-bond acceptors (Lipinski definition) is 2. The predicted molar refractivity (Wildman–Crippen MR) is 138 cm³/mol. The van der Waals surface area contributed by atoms with Gasteiger partial charge in [0.2, 0.25) is 0 Å². The lowest BCUT2D eigenvalue weighted by Gasteiger charge is -2.34. The molecule has 0 bridgehead atoms. The minimum absolute atomic E-state index is 0.217. The van der Waals surface area contributed by atoms with Gasteiger partial charge in [0.05, 0.1) is 6.04 Å².